The molecule has 0 saturated carbocycles. The molecular formula is C11H13N5. The van der Waals surface area contributed by atoms with Gasteiger partial charge in [0, 0.05) is 25.4 Å². The van der Waals surface area contributed by atoms with Gasteiger partial charge in [0.2, 0.25) is 0 Å². The second-order valence-corrected chi connectivity index (χ2v) is 3.30. The number of nitrogens with zero attached hydrogens (tertiary/aromatic N) is 3. The minimum absolute atomic E-state index is 0.422. The molecule has 2 rings (SSSR count). The van der Waals surface area contributed by atoms with Crippen molar-refractivity contribution in [2.45, 2.75) is 6.42 Å². The molecule has 5 heteroatoms. The van der Waals surface area contributed by atoms with Crippen molar-refractivity contribution < 1.29 is 0 Å². The van der Waals surface area contributed by atoms with Crippen molar-refractivity contribution in [3.05, 3.63) is 24.3 Å². The van der Waals surface area contributed by atoms with E-state index in [2.05, 4.69) is 27.1 Å². The maximum Gasteiger partial charge on any atom is 0.180 e. The third-order valence-corrected chi connectivity index (χ3v) is 2.17. The van der Waals surface area contributed by atoms with E-state index in [0.29, 0.717) is 11.5 Å². The van der Waals surface area contributed by atoms with E-state index in [1.165, 1.54) is 0 Å². The molecule has 2 aromatic rings. The molecule has 0 unspecified atom stereocenters. The van der Waals surface area contributed by atoms with E-state index in [-0.39, 0.29) is 0 Å². The van der Waals surface area contributed by atoms with Gasteiger partial charge in [-0.2, -0.15) is 0 Å². The van der Waals surface area contributed by atoms with Crippen LogP contribution in [-0.4, -0.2) is 28.0 Å². The molecule has 0 fully saturated rings. The summed E-state index contributed by atoms with van der Waals surface area (Å²) in [6.07, 6.45) is 5.97. The summed E-state index contributed by atoms with van der Waals surface area (Å²) in [4.78, 5) is 8.14. The zero-order chi connectivity index (χ0) is 11.4. The summed E-state index contributed by atoms with van der Waals surface area (Å²) in [5.41, 5.74) is 7.18. The summed E-state index contributed by atoms with van der Waals surface area (Å²) < 4.78 is 1.84. The standard InChI is InChI=1S/C11H13N5/c1-13-5-3-2-4-9-8-15-11-10(12)14-6-7-16(9)11/h6-8,13H,3,5H2,1H3,(H2,12,14). The molecule has 82 valence electrons. The van der Waals surface area contributed by atoms with E-state index >= 15 is 0 Å². The van der Waals surface area contributed by atoms with Gasteiger partial charge >= 0.3 is 0 Å². The highest BCUT2D eigenvalue weighted by atomic mass is 15.1. The highest BCUT2D eigenvalue weighted by molar-refractivity contribution is 5.61. The monoisotopic (exact) mass is 215 g/mol. The summed E-state index contributed by atoms with van der Waals surface area (Å²) >= 11 is 0. The molecule has 0 amide bonds. The quantitative estimate of drug-likeness (QED) is 0.557. The summed E-state index contributed by atoms with van der Waals surface area (Å²) in [6, 6.07) is 0. The first kappa shape index (κ1) is 10.5. The van der Waals surface area contributed by atoms with Gasteiger partial charge in [-0.1, -0.05) is 5.92 Å². The maximum atomic E-state index is 5.69. The second kappa shape index (κ2) is 4.64. The van der Waals surface area contributed by atoms with Crippen molar-refractivity contribution in [1.82, 2.24) is 19.7 Å². The Bertz CT molecular complexity index is 546. The predicted molar refractivity (Wildman–Crippen MR) is 62.8 cm³/mol. The Labute approximate surface area is 93.7 Å². The minimum atomic E-state index is 0.422. The molecule has 2 aromatic heterocycles. The number of hydrogen-bond acceptors (Lipinski definition) is 4. The Balaban J connectivity index is 2.31. The SMILES string of the molecule is CNCCC#Cc1cnc2c(N)nccn12. The molecule has 0 spiro atoms. The summed E-state index contributed by atoms with van der Waals surface area (Å²) in [5, 5.41) is 3.04. The van der Waals surface area contributed by atoms with Crippen LogP contribution in [0.4, 0.5) is 5.82 Å². The third kappa shape index (κ3) is 1.97. The Morgan fingerprint density at radius 2 is 2.38 bits per heavy atom. The van der Waals surface area contributed by atoms with Gasteiger partial charge in [0.15, 0.2) is 11.5 Å². The molecule has 0 saturated heterocycles. The van der Waals surface area contributed by atoms with Crippen LogP contribution in [0, 0.1) is 11.8 Å². The van der Waals surface area contributed by atoms with Crippen molar-refractivity contribution in [2.24, 2.45) is 0 Å². The first-order valence-electron chi connectivity index (χ1n) is 5.04. The number of nitrogens with one attached hydrogen (secondary N) is 1. The molecule has 0 aliphatic carbocycles. The average Bonchev–Trinajstić information content (AvgIpc) is 2.70. The summed E-state index contributed by atoms with van der Waals surface area (Å²) in [5.74, 6) is 6.54. The van der Waals surface area contributed by atoms with E-state index in [1.807, 2.05) is 11.4 Å². The molecule has 5 nitrogen and oxygen atoms in total. The largest absolute Gasteiger partial charge is 0.381 e. The topological polar surface area (TPSA) is 68.2 Å². The van der Waals surface area contributed by atoms with Crippen molar-refractivity contribution in [1.29, 1.82) is 0 Å². The first-order valence-corrected chi connectivity index (χ1v) is 5.04. The van der Waals surface area contributed by atoms with Gasteiger partial charge < -0.3 is 11.1 Å². The molecule has 0 aliphatic rings. The van der Waals surface area contributed by atoms with Gasteiger partial charge in [-0.15, -0.1) is 0 Å². The van der Waals surface area contributed by atoms with E-state index in [0.717, 1.165) is 18.7 Å². The molecule has 0 radical (unpaired) electrons. The second-order valence-electron chi connectivity index (χ2n) is 3.30. The predicted octanol–water partition coefficient (Wildman–Crippen LogP) is 0.272. The Kier molecular flexibility index (Phi) is 3.03. The summed E-state index contributed by atoms with van der Waals surface area (Å²) in [7, 11) is 1.91. The molecule has 3 N–H and O–H groups in total. The number of imidazole rings is 1. The number of fused-ring (bicyclic) bond motifs is 1. The average molecular weight is 215 g/mol. The van der Waals surface area contributed by atoms with Crippen LogP contribution in [0.1, 0.15) is 12.1 Å². The fourth-order valence-electron chi connectivity index (χ4n) is 1.37. The van der Waals surface area contributed by atoms with Crippen LogP contribution >= 0.6 is 0 Å². The van der Waals surface area contributed by atoms with Crippen LogP contribution in [-0.2, 0) is 0 Å². The fraction of sp³-hybridized carbons (Fsp3) is 0.273. The van der Waals surface area contributed by atoms with Crippen LogP contribution in [0.25, 0.3) is 5.65 Å². The number of hydrogen-bond donors (Lipinski definition) is 2. The van der Waals surface area contributed by atoms with Crippen LogP contribution < -0.4 is 11.1 Å². The minimum Gasteiger partial charge on any atom is -0.381 e. The van der Waals surface area contributed by atoms with Gasteiger partial charge in [0.05, 0.1) is 6.20 Å². The lowest BCUT2D eigenvalue weighted by Gasteiger charge is -1.96. The van der Waals surface area contributed by atoms with Gasteiger partial charge in [-0.25, -0.2) is 9.97 Å². The van der Waals surface area contributed by atoms with Crippen molar-refractivity contribution >= 4 is 11.5 Å². The smallest absolute Gasteiger partial charge is 0.180 e. The molecule has 0 atom stereocenters. The molecule has 0 aromatic carbocycles. The van der Waals surface area contributed by atoms with Crippen LogP contribution in [0.2, 0.25) is 0 Å². The Morgan fingerprint density at radius 1 is 1.50 bits per heavy atom. The lowest BCUT2D eigenvalue weighted by molar-refractivity contribution is 0.818. The van der Waals surface area contributed by atoms with Crippen LogP contribution in [0.15, 0.2) is 18.6 Å². The molecule has 16 heavy (non-hydrogen) atoms. The number of nitrogens with two attached hydrogens (primary N) is 1. The van der Waals surface area contributed by atoms with Gasteiger partial charge in [-0.3, -0.25) is 4.40 Å². The normalized spacial score (nSPS) is 10.1. The maximum absolute atomic E-state index is 5.69. The summed E-state index contributed by atoms with van der Waals surface area (Å²) in [6.45, 7) is 0.882. The van der Waals surface area contributed by atoms with Crippen molar-refractivity contribution in [3.8, 4) is 11.8 Å². The van der Waals surface area contributed by atoms with Gasteiger partial charge in [-0.05, 0) is 13.0 Å². The van der Waals surface area contributed by atoms with Crippen molar-refractivity contribution in [2.75, 3.05) is 19.3 Å². The van der Waals surface area contributed by atoms with Crippen molar-refractivity contribution in [3.63, 3.8) is 0 Å². The van der Waals surface area contributed by atoms with Crippen LogP contribution in [0.3, 0.4) is 0 Å². The zero-order valence-corrected chi connectivity index (χ0v) is 9.07. The van der Waals surface area contributed by atoms with Gasteiger partial charge in [0.25, 0.3) is 0 Å². The number of rotatable bonds is 2. The number of anilines is 1. The van der Waals surface area contributed by atoms with Gasteiger partial charge in [0.1, 0.15) is 5.69 Å². The Morgan fingerprint density at radius 3 is 3.19 bits per heavy atom. The lowest BCUT2D eigenvalue weighted by atomic mass is 10.4. The lowest BCUT2D eigenvalue weighted by Crippen LogP contribution is -2.05. The zero-order valence-electron chi connectivity index (χ0n) is 9.07. The molecule has 2 heterocycles. The Hall–Kier alpha value is -2.06. The third-order valence-electron chi connectivity index (χ3n) is 2.17. The number of aromatic nitrogens is 3. The molecule has 0 bridgehead atoms. The first-order chi connectivity index (χ1) is 7.83. The van der Waals surface area contributed by atoms with E-state index in [4.69, 9.17) is 5.73 Å². The molecular weight excluding hydrogens is 202 g/mol. The number of nitrogen functional groups attached to an aromatic ring is 1. The fourth-order valence-corrected chi connectivity index (χ4v) is 1.37. The van der Waals surface area contributed by atoms with E-state index < -0.39 is 0 Å². The molecule has 0 aliphatic heterocycles. The highest BCUT2D eigenvalue weighted by Gasteiger charge is 2.03. The highest BCUT2D eigenvalue weighted by Crippen LogP contribution is 2.09. The van der Waals surface area contributed by atoms with E-state index in [9.17, 15) is 0 Å². The van der Waals surface area contributed by atoms with Crippen LogP contribution in [0.5, 0.6) is 0 Å². The van der Waals surface area contributed by atoms with E-state index in [1.54, 1.807) is 18.6 Å².